The first kappa shape index (κ1) is 14.7. The lowest BCUT2D eigenvalue weighted by molar-refractivity contribution is 0.0690. The van der Waals surface area contributed by atoms with E-state index in [9.17, 15) is 9.90 Å². The Kier molecular flexibility index (Phi) is 4.84. The molecular formula is C15H22N2O3. The molecule has 1 aliphatic heterocycles. The first-order valence-electron chi connectivity index (χ1n) is 6.96. The van der Waals surface area contributed by atoms with Crippen LogP contribution in [0.15, 0.2) is 18.2 Å². The fraction of sp³-hybridized carbons (Fsp3) is 0.533. The minimum absolute atomic E-state index is 0.00317. The lowest BCUT2D eigenvalue weighted by Gasteiger charge is -2.32. The van der Waals surface area contributed by atoms with Crippen LogP contribution in [0.3, 0.4) is 0 Å². The summed E-state index contributed by atoms with van der Waals surface area (Å²) in [5.74, 6) is 1.01. The summed E-state index contributed by atoms with van der Waals surface area (Å²) in [7, 11) is 3.45. The van der Waals surface area contributed by atoms with Gasteiger partial charge in [-0.05, 0) is 50.6 Å². The molecule has 1 heterocycles. The van der Waals surface area contributed by atoms with Gasteiger partial charge in [0.2, 0.25) is 0 Å². The molecule has 2 rings (SSSR count). The number of nitrogens with one attached hydrogen (secondary N) is 1. The molecule has 1 saturated heterocycles. The third-order valence-corrected chi connectivity index (χ3v) is 3.82. The highest BCUT2D eigenvalue weighted by Crippen LogP contribution is 2.27. The van der Waals surface area contributed by atoms with Gasteiger partial charge in [-0.1, -0.05) is 0 Å². The van der Waals surface area contributed by atoms with Crippen molar-refractivity contribution in [3.05, 3.63) is 23.8 Å². The van der Waals surface area contributed by atoms with Gasteiger partial charge in [-0.15, -0.1) is 0 Å². The van der Waals surface area contributed by atoms with Crippen molar-refractivity contribution in [3.8, 4) is 11.5 Å². The minimum Gasteiger partial charge on any atom is -0.504 e. The van der Waals surface area contributed by atoms with E-state index >= 15 is 0 Å². The summed E-state index contributed by atoms with van der Waals surface area (Å²) in [5, 5.41) is 12.9. The van der Waals surface area contributed by atoms with Gasteiger partial charge in [-0.2, -0.15) is 0 Å². The molecule has 1 fully saturated rings. The standard InChI is InChI=1S/C15H22N2O3/c1-16-10-11-5-7-17(8-6-11)15(19)12-3-4-14(20-2)13(18)9-12/h3-4,9,11,16,18H,5-8,10H2,1-2H3. The zero-order chi connectivity index (χ0) is 14.5. The molecule has 0 aliphatic carbocycles. The van der Waals surface area contributed by atoms with Gasteiger partial charge < -0.3 is 20.1 Å². The van der Waals surface area contributed by atoms with Crippen molar-refractivity contribution in [3.63, 3.8) is 0 Å². The number of carbonyl (C=O) groups is 1. The zero-order valence-corrected chi connectivity index (χ0v) is 12.1. The summed E-state index contributed by atoms with van der Waals surface area (Å²) in [5.41, 5.74) is 0.510. The Morgan fingerprint density at radius 1 is 1.45 bits per heavy atom. The number of benzene rings is 1. The van der Waals surface area contributed by atoms with Crippen LogP contribution in [0, 0.1) is 5.92 Å². The summed E-state index contributed by atoms with van der Waals surface area (Å²) in [4.78, 5) is 14.2. The molecule has 0 radical (unpaired) electrons. The van der Waals surface area contributed by atoms with Crippen molar-refractivity contribution < 1.29 is 14.6 Å². The zero-order valence-electron chi connectivity index (χ0n) is 12.1. The average molecular weight is 278 g/mol. The molecule has 0 aromatic heterocycles. The third kappa shape index (κ3) is 3.22. The van der Waals surface area contributed by atoms with E-state index in [-0.39, 0.29) is 11.7 Å². The van der Waals surface area contributed by atoms with Crippen LogP contribution >= 0.6 is 0 Å². The number of aromatic hydroxyl groups is 1. The quantitative estimate of drug-likeness (QED) is 0.875. The van der Waals surface area contributed by atoms with Crippen molar-refractivity contribution in [2.75, 3.05) is 33.8 Å². The highest BCUT2D eigenvalue weighted by Gasteiger charge is 2.23. The molecule has 0 unspecified atom stereocenters. The van der Waals surface area contributed by atoms with E-state index in [1.54, 1.807) is 12.1 Å². The number of hydrogen-bond acceptors (Lipinski definition) is 4. The van der Waals surface area contributed by atoms with Crippen molar-refractivity contribution in [1.82, 2.24) is 10.2 Å². The predicted molar refractivity (Wildman–Crippen MR) is 77.2 cm³/mol. The predicted octanol–water partition coefficient (Wildman–Crippen LogP) is 1.47. The van der Waals surface area contributed by atoms with Gasteiger partial charge in [0.1, 0.15) is 0 Å². The molecule has 0 saturated carbocycles. The maximum absolute atomic E-state index is 12.4. The Hall–Kier alpha value is -1.75. The van der Waals surface area contributed by atoms with Crippen LogP contribution in [0.25, 0.3) is 0 Å². The lowest BCUT2D eigenvalue weighted by atomic mass is 9.96. The number of methoxy groups -OCH3 is 1. The van der Waals surface area contributed by atoms with Gasteiger partial charge in [0, 0.05) is 18.7 Å². The molecule has 0 spiro atoms. The van der Waals surface area contributed by atoms with E-state index < -0.39 is 0 Å². The van der Waals surface area contributed by atoms with E-state index in [0.29, 0.717) is 17.2 Å². The van der Waals surface area contributed by atoms with Crippen LogP contribution < -0.4 is 10.1 Å². The Morgan fingerprint density at radius 3 is 2.70 bits per heavy atom. The van der Waals surface area contributed by atoms with Gasteiger partial charge in [-0.25, -0.2) is 0 Å². The van der Waals surface area contributed by atoms with Crippen molar-refractivity contribution in [2.45, 2.75) is 12.8 Å². The van der Waals surface area contributed by atoms with E-state index in [1.165, 1.54) is 13.2 Å². The largest absolute Gasteiger partial charge is 0.504 e. The molecule has 20 heavy (non-hydrogen) atoms. The fourth-order valence-electron chi connectivity index (χ4n) is 2.63. The number of phenolic OH excluding ortho intramolecular Hbond substituents is 1. The SMILES string of the molecule is CNCC1CCN(C(=O)c2ccc(OC)c(O)c2)CC1. The van der Waals surface area contributed by atoms with E-state index in [1.807, 2.05) is 11.9 Å². The maximum atomic E-state index is 12.4. The van der Waals surface area contributed by atoms with E-state index in [0.717, 1.165) is 32.5 Å². The normalized spacial score (nSPS) is 16.2. The number of nitrogens with zero attached hydrogens (tertiary/aromatic N) is 1. The first-order valence-corrected chi connectivity index (χ1v) is 6.96. The van der Waals surface area contributed by atoms with Gasteiger partial charge in [0.15, 0.2) is 11.5 Å². The summed E-state index contributed by atoms with van der Waals surface area (Å²) < 4.78 is 4.98. The second-order valence-corrected chi connectivity index (χ2v) is 5.18. The molecule has 1 aromatic rings. The van der Waals surface area contributed by atoms with Crippen molar-refractivity contribution >= 4 is 5.91 Å². The second-order valence-electron chi connectivity index (χ2n) is 5.18. The van der Waals surface area contributed by atoms with Crippen LogP contribution in [0.2, 0.25) is 0 Å². The molecular weight excluding hydrogens is 256 g/mol. The molecule has 5 heteroatoms. The monoisotopic (exact) mass is 278 g/mol. The van der Waals surface area contributed by atoms with E-state index in [2.05, 4.69) is 5.32 Å². The summed E-state index contributed by atoms with van der Waals surface area (Å²) >= 11 is 0. The molecule has 0 atom stereocenters. The Morgan fingerprint density at radius 2 is 2.15 bits per heavy atom. The number of phenols is 1. The number of ether oxygens (including phenoxy) is 1. The van der Waals surface area contributed by atoms with Gasteiger partial charge in [0.25, 0.3) is 5.91 Å². The molecule has 0 bridgehead atoms. The molecule has 5 nitrogen and oxygen atoms in total. The molecule has 1 amide bonds. The van der Waals surface area contributed by atoms with Gasteiger partial charge in [-0.3, -0.25) is 4.79 Å². The summed E-state index contributed by atoms with van der Waals surface area (Å²) in [6.07, 6.45) is 2.05. The number of likely N-dealkylation sites (tertiary alicyclic amines) is 1. The van der Waals surface area contributed by atoms with Crippen LogP contribution in [0.4, 0.5) is 0 Å². The second kappa shape index (κ2) is 6.61. The van der Waals surface area contributed by atoms with Crippen LogP contribution in [0.1, 0.15) is 23.2 Å². The molecule has 2 N–H and O–H groups in total. The van der Waals surface area contributed by atoms with Gasteiger partial charge in [0.05, 0.1) is 7.11 Å². The van der Waals surface area contributed by atoms with E-state index in [4.69, 9.17) is 4.74 Å². The molecule has 1 aromatic carbocycles. The fourth-order valence-corrected chi connectivity index (χ4v) is 2.63. The van der Waals surface area contributed by atoms with Gasteiger partial charge >= 0.3 is 0 Å². The number of amides is 1. The highest BCUT2D eigenvalue weighted by atomic mass is 16.5. The van der Waals surface area contributed by atoms with Crippen LogP contribution in [-0.2, 0) is 0 Å². The molecule has 110 valence electrons. The maximum Gasteiger partial charge on any atom is 0.253 e. The smallest absolute Gasteiger partial charge is 0.253 e. The Balaban J connectivity index is 2.00. The Bertz CT molecular complexity index is 468. The Labute approximate surface area is 119 Å². The number of hydrogen-bond donors (Lipinski definition) is 2. The van der Waals surface area contributed by atoms with Crippen molar-refractivity contribution in [1.29, 1.82) is 0 Å². The highest BCUT2D eigenvalue weighted by molar-refractivity contribution is 5.95. The summed E-state index contributed by atoms with van der Waals surface area (Å²) in [6.45, 7) is 2.56. The third-order valence-electron chi connectivity index (χ3n) is 3.82. The first-order chi connectivity index (χ1) is 9.65. The van der Waals surface area contributed by atoms with Crippen LogP contribution in [-0.4, -0.2) is 49.7 Å². The molecule has 1 aliphatic rings. The number of rotatable bonds is 4. The minimum atomic E-state index is -0.0224. The number of carbonyl (C=O) groups excluding carboxylic acids is 1. The average Bonchev–Trinajstić information content (AvgIpc) is 2.47. The lowest BCUT2D eigenvalue weighted by Crippen LogP contribution is -2.40. The van der Waals surface area contributed by atoms with Crippen molar-refractivity contribution in [2.24, 2.45) is 5.92 Å². The number of piperidine rings is 1. The topological polar surface area (TPSA) is 61.8 Å². The summed E-state index contributed by atoms with van der Waals surface area (Å²) in [6, 6.07) is 4.79. The van der Waals surface area contributed by atoms with Crippen LogP contribution in [0.5, 0.6) is 11.5 Å².